The Kier molecular flexibility index (Phi) is 2.01. The molecule has 0 radical (unpaired) electrons. The number of rotatable bonds is 1. The summed E-state index contributed by atoms with van der Waals surface area (Å²) in [6.45, 7) is 0. The molecule has 0 amide bonds. The minimum Gasteiger partial charge on any atom is -0.297 e. The zero-order chi connectivity index (χ0) is 5.98. The number of hydrogen-bond donors (Lipinski definition) is 0. The Hall–Kier alpha value is 0.1000. The smallest absolute Gasteiger partial charge is 0.160 e. The third-order valence-electron chi connectivity index (χ3n) is 0.710. The lowest BCUT2D eigenvalue weighted by atomic mass is 10.5. The van der Waals surface area contributed by atoms with E-state index >= 15 is 0 Å². The van der Waals surface area contributed by atoms with Gasteiger partial charge in [0.1, 0.15) is 0 Å². The molecule has 3 heteroatoms. The van der Waals surface area contributed by atoms with E-state index in [9.17, 15) is 4.79 Å². The monoisotopic (exact) mass is 238 g/mol. The molecule has 0 aromatic carbocycles. The minimum atomic E-state index is 0.800. The van der Waals surface area contributed by atoms with Gasteiger partial charge in [-0.25, -0.2) is 0 Å². The molecular weight excluding hydrogens is 235 g/mol. The summed E-state index contributed by atoms with van der Waals surface area (Å²) in [5.41, 5.74) is 0. The molecule has 0 aliphatic heterocycles. The molecule has 1 aromatic rings. The Morgan fingerprint density at radius 2 is 2.38 bits per heavy atom. The van der Waals surface area contributed by atoms with Crippen LogP contribution in [0.3, 0.4) is 0 Å². The Labute approximate surface area is 64.9 Å². The van der Waals surface area contributed by atoms with Gasteiger partial charge in [-0.2, -0.15) is 0 Å². The number of thiophene rings is 1. The van der Waals surface area contributed by atoms with Gasteiger partial charge < -0.3 is 0 Å². The number of aldehydes is 1. The molecule has 0 bridgehead atoms. The number of carbonyl (C=O) groups excluding carboxylic acids is 1. The average molecular weight is 238 g/mol. The zero-order valence-corrected chi connectivity index (χ0v) is 6.90. The normalized spacial score (nSPS) is 9.12. The number of hydrogen-bond acceptors (Lipinski definition) is 2. The van der Waals surface area contributed by atoms with E-state index in [-0.39, 0.29) is 0 Å². The van der Waals surface area contributed by atoms with E-state index in [1.165, 1.54) is 11.3 Å². The fourth-order valence-electron chi connectivity index (χ4n) is 0.392. The molecule has 0 aliphatic carbocycles. The van der Waals surface area contributed by atoms with Crippen molar-refractivity contribution in [2.75, 3.05) is 0 Å². The molecule has 1 aromatic heterocycles. The van der Waals surface area contributed by atoms with Gasteiger partial charge in [-0.3, -0.25) is 4.79 Å². The van der Waals surface area contributed by atoms with Crippen LogP contribution in [-0.4, -0.2) is 6.29 Å². The molecule has 1 rings (SSSR count). The predicted octanol–water partition coefficient (Wildman–Crippen LogP) is 2.17. The molecule has 0 spiro atoms. The van der Waals surface area contributed by atoms with Gasteiger partial charge in [-0.15, -0.1) is 11.3 Å². The summed E-state index contributed by atoms with van der Waals surface area (Å²) in [5, 5.41) is 0. The maximum atomic E-state index is 10.0. The maximum absolute atomic E-state index is 10.0. The Balaban J connectivity index is 3.00. The van der Waals surface area contributed by atoms with Crippen molar-refractivity contribution in [3.8, 4) is 0 Å². The molecule has 0 N–H and O–H groups in total. The van der Waals surface area contributed by atoms with E-state index in [1.807, 2.05) is 12.1 Å². The SMILES string of the molecule is O=Cc1ccc(I)s1. The van der Waals surface area contributed by atoms with Gasteiger partial charge in [0.05, 0.1) is 7.76 Å². The van der Waals surface area contributed by atoms with Crippen molar-refractivity contribution in [1.82, 2.24) is 0 Å². The van der Waals surface area contributed by atoms with E-state index in [4.69, 9.17) is 0 Å². The van der Waals surface area contributed by atoms with Gasteiger partial charge in [0, 0.05) is 0 Å². The van der Waals surface area contributed by atoms with Gasteiger partial charge in [-0.1, -0.05) is 0 Å². The van der Waals surface area contributed by atoms with Crippen LogP contribution in [0.4, 0.5) is 0 Å². The average Bonchev–Trinajstić information content (AvgIpc) is 2.14. The standard InChI is InChI=1S/C5H3IOS/c6-5-2-1-4(3-7)8-5/h1-3H. The maximum Gasteiger partial charge on any atom is 0.160 e. The molecular formula is C5H3IOS. The van der Waals surface area contributed by atoms with Crippen molar-refractivity contribution in [3.63, 3.8) is 0 Å². The van der Waals surface area contributed by atoms with Crippen LogP contribution in [0, 0.1) is 2.88 Å². The second kappa shape index (κ2) is 2.59. The van der Waals surface area contributed by atoms with Gasteiger partial charge in [0.25, 0.3) is 0 Å². The predicted molar refractivity (Wildman–Crippen MR) is 42.4 cm³/mol. The second-order valence-corrected chi connectivity index (χ2v) is 4.27. The highest BCUT2D eigenvalue weighted by molar-refractivity contribution is 14.1. The molecule has 0 saturated carbocycles. The Morgan fingerprint density at radius 3 is 2.62 bits per heavy atom. The highest BCUT2D eigenvalue weighted by Crippen LogP contribution is 2.15. The van der Waals surface area contributed by atoms with Gasteiger partial charge in [0.15, 0.2) is 6.29 Å². The molecule has 0 atom stereocenters. The summed E-state index contributed by atoms with van der Waals surface area (Å²) in [5.74, 6) is 0. The van der Waals surface area contributed by atoms with Crippen molar-refractivity contribution < 1.29 is 4.79 Å². The first-order valence-corrected chi connectivity index (χ1v) is 3.93. The summed E-state index contributed by atoms with van der Waals surface area (Å²) in [6.07, 6.45) is 0.868. The first-order chi connectivity index (χ1) is 3.83. The highest BCUT2D eigenvalue weighted by atomic mass is 127. The molecule has 0 unspecified atom stereocenters. The van der Waals surface area contributed by atoms with E-state index in [0.717, 1.165) is 14.0 Å². The van der Waals surface area contributed by atoms with Crippen molar-refractivity contribution in [2.24, 2.45) is 0 Å². The quantitative estimate of drug-likeness (QED) is 0.541. The fraction of sp³-hybridized carbons (Fsp3) is 0. The lowest BCUT2D eigenvalue weighted by Crippen LogP contribution is -1.61. The Bertz CT molecular complexity index is 194. The molecule has 1 nitrogen and oxygen atoms in total. The third kappa shape index (κ3) is 1.29. The Morgan fingerprint density at radius 1 is 1.62 bits per heavy atom. The molecule has 0 fully saturated rings. The second-order valence-electron chi connectivity index (χ2n) is 1.26. The first-order valence-electron chi connectivity index (χ1n) is 2.03. The molecule has 1 heterocycles. The van der Waals surface area contributed by atoms with Crippen molar-refractivity contribution in [2.45, 2.75) is 0 Å². The highest BCUT2D eigenvalue weighted by Gasteiger charge is 1.91. The number of halogens is 1. The van der Waals surface area contributed by atoms with E-state index in [2.05, 4.69) is 22.6 Å². The van der Waals surface area contributed by atoms with Crippen LogP contribution in [0.25, 0.3) is 0 Å². The lowest BCUT2D eigenvalue weighted by molar-refractivity contribution is 0.112. The van der Waals surface area contributed by atoms with Gasteiger partial charge >= 0.3 is 0 Å². The minimum absolute atomic E-state index is 0.800. The van der Waals surface area contributed by atoms with Crippen LogP contribution in [0.2, 0.25) is 0 Å². The summed E-state index contributed by atoms with van der Waals surface area (Å²) < 4.78 is 1.16. The van der Waals surface area contributed by atoms with E-state index in [0.29, 0.717) is 0 Å². The molecule has 0 aliphatic rings. The molecule has 0 saturated heterocycles. The molecule has 8 heavy (non-hydrogen) atoms. The summed E-state index contributed by atoms with van der Waals surface area (Å²) >= 11 is 3.69. The van der Waals surface area contributed by atoms with Gasteiger partial charge in [0.2, 0.25) is 0 Å². The van der Waals surface area contributed by atoms with Crippen LogP contribution in [0.1, 0.15) is 9.67 Å². The van der Waals surface area contributed by atoms with Crippen LogP contribution in [-0.2, 0) is 0 Å². The van der Waals surface area contributed by atoms with Crippen LogP contribution in [0.5, 0.6) is 0 Å². The first kappa shape index (κ1) is 6.22. The summed E-state index contributed by atoms with van der Waals surface area (Å²) in [6, 6.07) is 3.74. The summed E-state index contributed by atoms with van der Waals surface area (Å²) in [4.78, 5) is 10.8. The number of carbonyl (C=O) groups is 1. The summed E-state index contributed by atoms with van der Waals surface area (Å²) in [7, 11) is 0. The van der Waals surface area contributed by atoms with Crippen molar-refractivity contribution in [1.29, 1.82) is 0 Å². The van der Waals surface area contributed by atoms with E-state index in [1.54, 1.807) is 0 Å². The van der Waals surface area contributed by atoms with Gasteiger partial charge in [-0.05, 0) is 34.7 Å². The van der Waals surface area contributed by atoms with Crippen LogP contribution < -0.4 is 0 Å². The largest absolute Gasteiger partial charge is 0.297 e. The third-order valence-corrected chi connectivity index (χ3v) is 2.53. The molecule has 42 valence electrons. The van der Waals surface area contributed by atoms with Crippen molar-refractivity contribution >= 4 is 40.2 Å². The van der Waals surface area contributed by atoms with E-state index < -0.39 is 0 Å². The zero-order valence-electron chi connectivity index (χ0n) is 3.93. The van der Waals surface area contributed by atoms with Crippen molar-refractivity contribution in [3.05, 3.63) is 19.9 Å². The lowest BCUT2D eigenvalue weighted by Gasteiger charge is -1.69. The topological polar surface area (TPSA) is 17.1 Å². The van der Waals surface area contributed by atoms with Crippen LogP contribution >= 0.6 is 33.9 Å². The van der Waals surface area contributed by atoms with Crippen LogP contribution in [0.15, 0.2) is 12.1 Å². The fourth-order valence-corrected chi connectivity index (χ4v) is 1.88.